The summed E-state index contributed by atoms with van der Waals surface area (Å²) in [5, 5.41) is 2.46. The molecule has 28 heavy (non-hydrogen) atoms. The minimum absolute atomic E-state index is 0.230. The van der Waals surface area contributed by atoms with Gasteiger partial charge in [0.25, 0.3) is 0 Å². The molecule has 0 aromatic heterocycles. The Morgan fingerprint density at radius 1 is 1.07 bits per heavy atom. The second kappa shape index (κ2) is 10.0. The van der Waals surface area contributed by atoms with Crippen molar-refractivity contribution in [3.63, 3.8) is 0 Å². The van der Waals surface area contributed by atoms with E-state index in [9.17, 15) is 18.8 Å². The van der Waals surface area contributed by atoms with Gasteiger partial charge in [0.2, 0.25) is 5.91 Å². The summed E-state index contributed by atoms with van der Waals surface area (Å²) in [4.78, 5) is 35.7. The highest BCUT2D eigenvalue weighted by Gasteiger charge is 2.17. The quantitative estimate of drug-likeness (QED) is 0.429. The van der Waals surface area contributed by atoms with Crippen LogP contribution in [0.2, 0.25) is 0 Å². The molecule has 2 rings (SSSR count). The molecule has 0 aliphatic heterocycles. The molecular formula is C21H20FNO5. The molecule has 0 heterocycles. The van der Waals surface area contributed by atoms with E-state index in [-0.39, 0.29) is 5.56 Å². The first-order valence-corrected chi connectivity index (χ1v) is 8.47. The minimum Gasteiger partial charge on any atom is -0.497 e. The minimum atomic E-state index is -0.936. The third-order valence-electron chi connectivity index (χ3n) is 3.77. The molecule has 1 N–H and O–H groups in total. The Morgan fingerprint density at radius 3 is 2.32 bits per heavy atom. The highest BCUT2D eigenvalue weighted by atomic mass is 19.1. The number of amides is 1. The van der Waals surface area contributed by atoms with Crippen LogP contribution in [0.5, 0.6) is 5.75 Å². The molecule has 1 unspecified atom stereocenters. The number of hydrogen-bond donors (Lipinski definition) is 1. The van der Waals surface area contributed by atoms with Crippen molar-refractivity contribution in [2.75, 3.05) is 13.7 Å². The van der Waals surface area contributed by atoms with Gasteiger partial charge >= 0.3 is 5.97 Å². The number of methoxy groups -OCH3 is 1. The first kappa shape index (κ1) is 20.8. The summed E-state index contributed by atoms with van der Waals surface area (Å²) in [5.41, 5.74) is 1.02. The maximum absolute atomic E-state index is 12.8. The summed E-state index contributed by atoms with van der Waals surface area (Å²) in [7, 11) is 1.56. The number of hydrogen-bond acceptors (Lipinski definition) is 5. The Morgan fingerprint density at radius 2 is 1.71 bits per heavy atom. The van der Waals surface area contributed by atoms with Gasteiger partial charge in [-0.25, -0.2) is 9.18 Å². The lowest BCUT2D eigenvalue weighted by molar-refractivity contribution is -0.145. The van der Waals surface area contributed by atoms with Crippen molar-refractivity contribution in [1.82, 2.24) is 5.32 Å². The van der Waals surface area contributed by atoms with Crippen LogP contribution in [-0.2, 0) is 14.3 Å². The third-order valence-corrected chi connectivity index (χ3v) is 3.77. The fourth-order valence-corrected chi connectivity index (χ4v) is 2.19. The SMILES string of the molecule is COc1ccc(/C=C/C(=O)NC(C)C(=O)OCC(=O)c2ccc(F)cc2)cc1. The standard InChI is InChI=1S/C21H20FNO5/c1-14(21(26)28-13-19(24)16-6-8-17(22)9-7-16)23-20(25)12-5-15-3-10-18(27-2)11-4-15/h3-12,14H,13H2,1-2H3,(H,23,25)/b12-5+. The molecule has 6 nitrogen and oxygen atoms in total. The Bertz CT molecular complexity index is 859. The van der Waals surface area contributed by atoms with Crippen LogP contribution in [-0.4, -0.2) is 37.4 Å². The maximum atomic E-state index is 12.8. The second-order valence-corrected chi connectivity index (χ2v) is 5.87. The lowest BCUT2D eigenvalue weighted by Crippen LogP contribution is -2.39. The average Bonchev–Trinajstić information content (AvgIpc) is 2.71. The molecule has 0 aliphatic rings. The Hall–Kier alpha value is -3.48. The number of nitrogens with one attached hydrogen (secondary N) is 1. The van der Waals surface area contributed by atoms with Crippen LogP contribution >= 0.6 is 0 Å². The van der Waals surface area contributed by atoms with Gasteiger partial charge in [0.1, 0.15) is 17.6 Å². The van der Waals surface area contributed by atoms with Crippen LogP contribution in [0, 0.1) is 5.82 Å². The molecule has 0 saturated heterocycles. The molecule has 0 radical (unpaired) electrons. The average molecular weight is 385 g/mol. The predicted octanol–water partition coefficient (Wildman–Crippen LogP) is 2.78. The highest BCUT2D eigenvalue weighted by molar-refractivity contribution is 5.98. The molecule has 146 valence electrons. The van der Waals surface area contributed by atoms with Gasteiger partial charge in [-0.1, -0.05) is 12.1 Å². The predicted molar refractivity (Wildman–Crippen MR) is 101 cm³/mol. The zero-order valence-corrected chi connectivity index (χ0v) is 15.5. The molecule has 0 saturated carbocycles. The maximum Gasteiger partial charge on any atom is 0.328 e. The number of ether oxygens (including phenoxy) is 2. The summed E-state index contributed by atoms with van der Waals surface area (Å²) in [6, 6.07) is 11.0. The Kier molecular flexibility index (Phi) is 7.45. The van der Waals surface area contributed by atoms with E-state index in [2.05, 4.69) is 5.32 Å². The number of halogens is 1. The van der Waals surface area contributed by atoms with E-state index >= 15 is 0 Å². The van der Waals surface area contributed by atoms with Gasteiger partial charge < -0.3 is 14.8 Å². The third kappa shape index (κ3) is 6.35. The summed E-state index contributed by atoms with van der Waals surface area (Å²) < 4.78 is 22.8. The smallest absolute Gasteiger partial charge is 0.328 e. The van der Waals surface area contributed by atoms with E-state index in [4.69, 9.17) is 9.47 Å². The molecule has 7 heteroatoms. The monoisotopic (exact) mass is 385 g/mol. The molecule has 1 amide bonds. The lowest BCUT2D eigenvalue weighted by atomic mass is 10.1. The van der Waals surface area contributed by atoms with Gasteiger partial charge in [-0.2, -0.15) is 0 Å². The number of carbonyl (C=O) groups is 3. The van der Waals surface area contributed by atoms with Crippen LogP contribution in [0.1, 0.15) is 22.8 Å². The van der Waals surface area contributed by atoms with Crippen molar-refractivity contribution in [2.45, 2.75) is 13.0 Å². The van der Waals surface area contributed by atoms with E-state index in [0.717, 1.165) is 17.7 Å². The second-order valence-electron chi connectivity index (χ2n) is 5.87. The number of ketones is 1. The van der Waals surface area contributed by atoms with E-state index in [0.29, 0.717) is 5.75 Å². The summed E-state index contributed by atoms with van der Waals surface area (Å²) in [6.07, 6.45) is 2.88. The number of rotatable bonds is 8. The van der Waals surface area contributed by atoms with E-state index in [1.54, 1.807) is 37.5 Å². The molecule has 0 fully saturated rings. The summed E-state index contributed by atoms with van der Waals surface area (Å²) in [5.74, 6) is -1.46. The molecule has 1 atom stereocenters. The van der Waals surface area contributed by atoms with Crippen LogP contribution in [0.25, 0.3) is 6.08 Å². The topological polar surface area (TPSA) is 81.7 Å². The van der Waals surface area contributed by atoms with Crippen molar-refractivity contribution in [1.29, 1.82) is 0 Å². The van der Waals surface area contributed by atoms with Crippen LogP contribution < -0.4 is 10.1 Å². The Labute approximate surface area is 162 Å². The van der Waals surface area contributed by atoms with Gasteiger partial charge in [0.15, 0.2) is 12.4 Å². The van der Waals surface area contributed by atoms with Gasteiger partial charge in [0.05, 0.1) is 7.11 Å². The van der Waals surface area contributed by atoms with Gasteiger partial charge in [-0.3, -0.25) is 9.59 Å². The number of benzene rings is 2. The highest BCUT2D eigenvalue weighted by Crippen LogP contribution is 2.12. The van der Waals surface area contributed by atoms with E-state index in [1.807, 2.05) is 0 Å². The molecule has 0 bridgehead atoms. The first-order valence-electron chi connectivity index (χ1n) is 8.47. The van der Waals surface area contributed by atoms with Crippen molar-refractivity contribution < 1.29 is 28.2 Å². The molecular weight excluding hydrogens is 365 g/mol. The van der Waals surface area contributed by atoms with Crippen LogP contribution in [0.4, 0.5) is 4.39 Å². The van der Waals surface area contributed by atoms with Crippen LogP contribution in [0.15, 0.2) is 54.6 Å². The molecule has 0 spiro atoms. The van der Waals surface area contributed by atoms with Crippen molar-refractivity contribution in [3.8, 4) is 5.75 Å². The van der Waals surface area contributed by atoms with E-state index < -0.39 is 36.1 Å². The van der Waals surface area contributed by atoms with Gasteiger partial charge in [-0.15, -0.1) is 0 Å². The normalized spacial score (nSPS) is 11.7. The number of esters is 1. The molecule has 2 aromatic carbocycles. The zero-order chi connectivity index (χ0) is 20.5. The zero-order valence-electron chi connectivity index (χ0n) is 15.5. The molecule has 0 aliphatic carbocycles. The van der Waals surface area contributed by atoms with Crippen molar-refractivity contribution in [2.24, 2.45) is 0 Å². The number of carbonyl (C=O) groups excluding carboxylic acids is 3. The fourth-order valence-electron chi connectivity index (χ4n) is 2.19. The largest absolute Gasteiger partial charge is 0.497 e. The number of Topliss-reactive ketones (excluding diaryl/α,β-unsaturated/α-hetero) is 1. The lowest BCUT2D eigenvalue weighted by Gasteiger charge is -2.12. The summed E-state index contributed by atoms with van der Waals surface area (Å²) in [6.45, 7) is 0.955. The summed E-state index contributed by atoms with van der Waals surface area (Å²) >= 11 is 0. The molecule has 2 aromatic rings. The van der Waals surface area contributed by atoms with Gasteiger partial charge in [0, 0.05) is 11.6 Å². The Balaban J connectivity index is 1.80. The van der Waals surface area contributed by atoms with Crippen molar-refractivity contribution >= 4 is 23.7 Å². The van der Waals surface area contributed by atoms with E-state index in [1.165, 1.54) is 25.1 Å². The van der Waals surface area contributed by atoms with Gasteiger partial charge in [-0.05, 0) is 55.0 Å². The first-order chi connectivity index (χ1) is 13.4. The fraction of sp³-hybridized carbons (Fsp3) is 0.190. The van der Waals surface area contributed by atoms with Crippen molar-refractivity contribution in [3.05, 3.63) is 71.6 Å². The van der Waals surface area contributed by atoms with Crippen LogP contribution in [0.3, 0.4) is 0 Å².